The Morgan fingerprint density at radius 3 is 2.31 bits per heavy atom. The van der Waals surface area contributed by atoms with Gasteiger partial charge in [0.2, 0.25) is 0 Å². The van der Waals surface area contributed by atoms with Crippen molar-refractivity contribution in [1.29, 1.82) is 0 Å². The van der Waals surface area contributed by atoms with Crippen LogP contribution in [0.15, 0.2) is 35.3 Å². The van der Waals surface area contributed by atoms with Crippen molar-refractivity contribution in [2.45, 2.75) is 6.42 Å². The third-order valence-corrected chi connectivity index (χ3v) is 4.52. The Labute approximate surface area is 167 Å². The molecule has 26 heavy (non-hydrogen) atoms. The van der Waals surface area contributed by atoms with Crippen molar-refractivity contribution in [3.05, 3.63) is 60.5 Å². The summed E-state index contributed by atoms with van der Waals surface area (Å²) in [5.41, 5.74) is 3.03. The van der Waals surface area contributed by atoms with E-state index >= 15 is 0 Å². The minimum Gasteiger partial charge on any atom is -0.277 e. The molecule has 1 amide bonds. The summed E-state index contributed by atoms with van der Waals surface area (Å²) in [6, 6.07) is 6.98. The first kappa shape index (κ1) is 18.7. The second-order valence-electron chi connectivity index (χ2n) is 5.19. The van der Waals surface area contributed by atoms with Gasteiger partial charge in [-0.05, 0) is 18.2 Å². The number of anilines is 1. The molecule has 3 rings (SSSR count). The molecule has 1 N–H and O–H groups in total. The molecule has 1 saturated heterocycles. The number of rotatable bonds is 3. The number of carbonyl (C=O) groups excluding carboxylic acids is 1. The third-order valence-electron chi connectivity index (χ3n) is 3.41. The summed E-state index contributed by atoms with van der Waals surface area (Å²) < 4.78 is 0. The van der Waals surface area contributed by atoms with Gasteiger partial charge in [-0.3, -0.25) is 20.3 Å². The molecule has 7 nitrogen and oxygen atoms in total. The van der Waals surface area contributed by atoms with Crippen LogP contribution < -0.4 is 10.4 Å². The molecule has 2 aromatic rings. The van der Waals surface area contributed by atoms with Crippen LogP contribution in [0.4, 0.5) is 17.1 Å². The molecule has 0 atom stereocenters. The number of hydrogen-bond donors (Lipinski definition) is 1. The number of amides is 1. The van der Waals surface area contributed by atoms with E-state index in [0.717, 1.165) is 17.1 Å². The van der Waals surface area contributed by atoms with Gasteiger partial charge in [0.15, 0.2) is 0 Å². The minimum absolute atomic E-state index is 0.0455. The van der Waals surface area contributed by atoms with Crippen LogP contribution in [-0.4, -0.2) is 16.7 Å². The number of nitro benzene ring substituents is 1. The summed E-state index contributed by atoms with van der Waals surface area (Å²) in [5.74, 6) is -0.0730. The quantitative estimate of drug-likeness (QED) is 0.533. The van der Waals surface area contributed by atoms with E-state index in [0.29, 0.717) is 21.6 Å². The molecule has 2 aromatic carbocycles. The van der Waals surface area contributed by atoms with Gasteiger partial charge in [0.05, 0.1) is 32.1 Å². The highest BCUT2D eigenvalue weighted by Gasteiger charge is 2.31. The Balaban J connectivity index is 1.93. The number of aliphatic imine (C=N–C) groups is 1. The van der Waals surface area contributed by atoms with Crippen LogP contribution in [0.25, 0.3) is 0 Å². The van der Waals surface area contributed by atoms with E-state index in [2.05, 4.69) is 10.4 Å². The number of non-ortho nitro benzene ring substituents is 1. The van der Waals surface area contributed by atoms with Crippen molar-refractivity contribution in [2.24, 2.45) is 4.99 Å². The molecule has 0 saturated carbocycles. The maximum Gasteiger partial charge on any atom is 0.272 e. The maximum absolute atomic E-state index is 12.3. The van der Waals surface area contributed by atoms with Crippen LogP contribution in [0.5, 0.6) is 0 Å². The molecule has 134 valence electrons. The van der Waals surface area contributed by atoms with Crippen LogP contribution in [0.2, 0.25) is 20.1 Å². The zero-order valence-corrected chi connectivity index (χ0v) is 15.7. The molecule has 0 bridgehead atoms. The second kappa shape index (κ2) is 7.28. The maximum atomic E-state index is 12.3. The van der Waals surface area contributed by atoms with E-state index in [4.69, 9.17) is 46.4 Å². The van der Waals surface area contributed by atoms with Gasteiger partial charge in [-0.15, -0.1) is 0 Å². The highest BCUT2D eigenvalue weighted by Crippen LogP contribution is 2.38. The first-order valence-electron chi connectivity index (χ1n) is 7.02. The van der Waals surface area contributed by atoms with Gasteiger partial charge >= 0.3 is 0 Å². The largest absolute Gasteiger partial charge is 0.277 e. The molecule has 0 radical (unpaired) electrons. The molecule has 1 heterocycles. The van der Waals surface area contributed by atoms with Crippen LogP contribution in [0.1, 0.15) is 6.42 Å². The van der Waals surface area contributed by atoms with E-state index < -0.39 is 4.92 Å². The first-order chi connectivity index (χ1) is 12.3. The second-order valence-corrected chi connectivity index (χ2v) is 6.85. The summed E-state index contributed by atoms with van der Waals surface area (Å²) in [4.78, 5) is 26.8. The Bertz CT molecular complexity index is 941. The summed E-state index contributed by atoms with van der Waals surface area (Å²) in [6.07, 6.45) is -0.0530. The topological polar surface area (TPSA) is 87.8 Å². The molecule has 1 fully saturated rings. The summed E-state index contributed by atoms with van der Waals surface area (Å²) in [7, 11) is 0. The van der Waals surface area contributed by atoms with Crippen LogP contribution in [-0.2, 0) is 4.79 Å². The Kier molecular flexibility index (Phi) is 5.24. The van der Waals surface area contributed by atoms with Gasteiger partial charge < -0.3 is 0 Å². The zero-order valence-electron chi connectivity index (χ0n) is 12.7. The number of hydrazine groups is 1. The van der Waals surface area contributed by atoms with Crippen molar-refractivity contribution < 1.29 is 9.72 Å². The zero-order chi connectivity index (χ0) is 19.0. The van der Waals surface area contributed by atoms with Gasteiger partial charge in [-0.25, -0.2) is 10.0 Å². The standard InChI is InChI=1S/C15H8Cl4N4O3/c16-7-1-2-12(9(17)3-7)20-13-6-14(24)22(21-13)15-10(18)4-8(23(25)26)5-11(15)19/h1-5H,6H2,(H,20,21). The number of nitro groups is 1. The normalized spacial score (nSPS) is 15.5. The van der Waals surface area contributed by atoms with E-state index in [9.17, 15) is 14.9 Å². The molecule has 0 aliphatic carbocycles. The molecule has 1 aliphatic rings. The van der Waals surface area contributed by atoms with Crippen molar-refractivity contribution in [3.8, 4) is 0 Å². The number of hydrogen-bond acceptors (Lipinski definition) is 4. The fraction of sp³-hybridized carbons (Fsp3) is 0.0667. The molecule has 1 aliphatic heterocycles. The van der Waals surface area contributed by atoms with Crippen LogP contribution in [0.3, 0.4) is 0 Å². The number of halogens is 4. The van der Waals surface area contributed by atoms with Crippen molar-refractivity contribution >= 4 is 75.2 Å². The highest BCUT2D eigenvalue weighted by atomic mass is 35.5. The highest BCUT2D eigenvalue weighted by molar-refractivity contribution is 6.41. The molecule has 0 spiro atoms. The van der Waals surface area contributed by atoms with Gasteiger partial charge in [0, 0.05) is 17.2 Å². The van der Waals surface area contributed by atoms with Crippen molar-refractivity contribution in [3.63, 3.8) is 0 Å². The predicted molar refractivity (Wildman–Crippen MR) is 102 cm³/mol. The predicted octanol–water partition coefficient (Wildman–Crippen LogP) is 5.18. The smallest absolute Gasteiger partial charge is 0.272 e. The van der Waals surface area contributed by atoms with Crippen molar-refractivity contribution in [2.75, 3.05) is 5.01 Å². The minimum atomic E-state index is -0.629. The monoisotopic (exact) mass is 432 g/mol. The molecular formula is C15H8Cl4N4O3. The van der Waals surface area contributed by atoms with E-state index in [1.807, 2.05) is 0 Å². The van der Waals surface area contributed by atoms with Gasteiger partial charge in [-0.1, -0.05) is 46.4 Å². The number of carbonyl (C=O) groups is 1. The SMILES string of the molecule is O=C1CC(=Nc2ccc(Cl)cc2Cl)NN1c1c(Cl)cc([N+](=O)[O-])cc1Cl. The van der Waals surface area contributed by atoms with Gasteiger partial charge in [0.1, 0.15) is 11.5 Å². The average molecular weight is 434 g/mol. The lowest BCUT2D eigenvalue weighted by molar-refractivity contribution is -0.384. The lowest BCUT2D eigenvalue weighted by Gasteiger charge is -2.18. The van der Waals surface area contributed by atoms with Crippen LogP contribution >= 0.6 is 46.4 Å². The number of nitrogens with zero attached hydrogens (tertiary/aromatic N) is 3. The Morgan fingerprint density at radius 2 is 1.73 bits per heavy atom. The van der Waals surface area contributed by atoms with Crippen molar-refractivity contribution in [1.82, 2.24) is 5.43 Å². The van der Waals surface area contributed by atoms with Gasteiger partial charge in [0.25, 0.3) is 11.6 Å². The number of nitrogens with one attached hydrogen (secondary N) is 1. The van der Waals surface area contributed by atoms with Gasteiger partial charge in [-0.2, -0.15) is 0 Å². The fourth-order valence-electron chi connectivity index (χ4n) is 2.29. The lowest BCUT2D eigenvalue weighted by Crippen LogP contribution is -2.36. The molecule has 0 aromatic heterocycles. The molecule has 11 heteroatoms. The van der Waals surface area contributed by atoms with Crippen LogP contribution in [0, 0.1) is 10.1 Å². The lowest BCUT2D eigenvalue weighted by atomic mass is 10.2. The van der Waals surface area contributed by atoms with E-state index in [1.165, 1.54) is 6.07 Å². The Morgan fingerprint density at radius 1 is 1.08 bits per heavy atom. The van der Waals surface area contributed by atoms with E-state index in [-0.39, 0.29) is 33.7 Å². The van der Waals surface area contributed by atoms with E-state index in [1.54, 1.807) is 12.1 Å². The fourth-order valence-corrected chi connectivity index (χ4v) is 3.38. The average Bonchev–Trinajstić information content (AvgIpc) is 2.90. The Hall–Kier alpha value is -2.06. The first-order valence-corrected chi connectivity index (χ1v) is 8.53. The molecular weight excluding hydrogens is 426 g/mol. The summed E-state index contributed by atoms with van der Waals surface area (Å²) in [6.45, 7) is 0. The summed E-state index contributed by atoms with van der Waals surface area (Å²) >= 11 is 24.1. The summed E-state index contributed by atoms with van der Waals surface area (Å²) in [5, 5.41) is 12.6. The molecule has 0 unspecified atom stereocenters. The number of amidine groups is 1. The number of benzene rings is 2. The third kappa shape index (κ3) is 3.71.